The fourth-order valence-corrected chi connectivity index (χ4v) is 3.93. The number of hydrogen-bond acceptors (Lipinski definition) is 4. The van der Waals surface area contributed by atoms with Crippen molar-refractivity contribution in [1.29, 1.82) is 0 Å². The number of anilines is 1. The van der Waals surface area contributed by atoms with Crippen LogP contribution in [0, 0.1) is 11.3 Å². The first kappa shape index (κ1) is 15.2. The zero-order chi connectivity index (χ0) is 17.1. The topological polar surface area (TPSA) is 69.1 Å². The Labute approximate surface area is 140 Å². The summed E-state index contributed by atoms with van der Waals surface area (Å²) in [6.45, 7) is 6.84. The summed E-state index contributed by atoms with van der Waals surface area (Å²) < 4.78 is 5.47. The van der Waals surface area contributed by atoms with Gasteiger partial charge in [0.15, 0.2) is 0 Å². The van der Waals surface area contributed by atoms with Crippen LogP contribution in [0.3, 0.4) is 0 Å². The van der Waals surface area contributed by atoms with Crippen molar-refractivity contribution < 1.29 is 4.42 Å². The first-order valence-electron chi connectivity index (χ1n) is 8.49. The Kier molecular flexibility index (Phi) is 3.21. The molecular formula is C20H22N2O2. The summed E-state index contributed by atoms with van der Waals surface area (Å²) in [6.07, 6.45) is 2.94. The zero-order valence-corrected chi connectivity index (χ0v) is 14.3. The minimum atomic E-state index is -0.394. The van der Waals surface area contributed by atoms with Gasteiger partial charge in [0.1, 0.15) is 16.8 Å². The van der Waals surface area contributed by atoms with E-state index in [2.05, 4.69) is 25.8 Å². The van der Waals surface area contributed by atoms with Gasteiger partial charge in [0.05, 0.1) is 0 Å². The van der Waals surface area contributed by atoms with Crippen molar-refractivity contribution in [2.75, 3.05) is 5.73 Å². The Morgan fingerprint density at radius 2 is 1.96 bits per heavy atom. The van der Waals surface area contributed by atoms with E-state index in [1.54, 1.807) is 0 Å². The predicted molar refractivity (Wildman–Crippen MR) is 97.2 cm³/mol. The van der Waals surface area contributed by atoms with E-state index in [1.807, 2.05) is 24.3 Å². The number of aromatic nitrogens is 1. The van der Waals surface area contributed by atoms with Crippen molar-refractivity contribution in [3.8, 4) is 0 Å². The number of nitrogen functional groups attached to an aromatic ring is 1. The lowest BCUT2D eigenvalue weighted by Gasteiger charge is -2.35. The maximum Gasteiger partial charge on any atom is 0.347 e. The number of para-hydroxylation sites is 1. The quantitative estimate of drug-likeness (QED) is 0.500. The van der Waals surface area contributed by atoms with Crippen LogP contribution >= 0.6 is 0 Å². The summed E-state index contributed by atoms with van der Waals surface area (Å²) in [5, 5.41) is 2.33. The monoisotopic (exact) mass is 322 g/mol. The maximum atomic E-state index is 12.5. The molecule has 0 unspecified atom stereocenters. The minimum absolute atomic E-state index is 0.223. The lowest BCUT2D eigenvalue weighted by molar-refractivity contribution is 0.215. The van der Waals surface area contributed by atoms with Crippen LogP contribution in [-0.4, -0.2) is 4.98 Å². The first-order valence-corrected chi connectivity index (χ1v) is 8.49. The second kappa shape index (κ2) is 5.07. The number of hydrogen-bond donors (Lipinski definition) is 1. The van der Waals surface area contributed by atoms with E-state index in [0.29, 0.717) is 16.9 Å². The summed E-state index contributed by atoms with van der Waals surface area (Å²) in [6, 6.07) is 7.69. The van der Waals surface area contributed by atoms with Gasteiger partial charge in [0.2, 0.25) is 0 Å². The first-order chi connectivity index (χ1) is 11.4. The smallest absolute Gasteiger partial charge is 0.347 e. The largest absolute Gasteiger partial charge is 0.422 e. The molecule has 0 radical (unpaired) electrons. The molecule has 0 saturated heterocycles. The van der Waals surface area contributed by atoms with E-state index in [-0.39, 0.29) is 11.2 Å². The van der Waals surface area contributed by atoms with Crippen LogP contribution in [0.2, 0.25) is 0 Å². The van der Waals surface area contributed by atoms with Crippen molar-refractivity contribution in [3.63, 3.8) is 0 Å². The summed E-state index contributed by atoms with van der Waals surface area (Å²) in [5.74, 6) is 0.849. The van der Waals surface area contributed by atoms with Crippen LogP contribution in [0.15, 0.2) is 33.5 Å². The molecule has 0 spiro atoms. The summed E-state index contributed by atoms with van der Waals surface area (Å²) in [5.41, 5.74) is 8.78. The van der Waals surface area contributed by atoms with E-state index in [4.69, 9.17) is 10.2 Å². The molecule has 0 fully saturated rings. The molecule has 2 N–H and O–H groups in total. The lowest BCUT2D eigenvalue weighted by atomic mass is 9.71. The van der Waals surface area contributed by atoms with Gasteiger partial charge in [-0.3, -0.25) is 0 Å². The molecule has 1 aromatic carbocycles. The highest BCUT2D eigenvalue weighted by Gasteiger charge is 2.31. The molecule has 0 amide bonds. The molecule has 2 heterocycles. The van der Waals surface area contributed by atoms with Crippen molar-refractivity contribution in [2.24, 2.45) is 11.3 Å². The molecule has 1 aliphatic rings. The van der Waals surface area contributed by atoms with E-state index in [1.165, 1.54) is 5.56 Å². The number of fused-ring (bicyclic) bond motifs is 5. The fraction of sp³-hybridized carbons (Fsp3) is 0.400. The molecule has 3 aromatic rings. The second-order valence-electron chi connectivity index (χ2n) is 7.86. The molecule has 2 aromatic heterocycles. The number of aryl methyl sites for hydroxylation is 1. The summed E-state index contributed by atoms with van der Waals surface area (Å²) >= 11 is 0. The van der Waals surface area contributed by atoms with Crippen LogP contribution in [0.25, 0.3) is 21.7 Å². The van der Waals surface area contributed by atoms with Crippen molar-refractivity contribution in [2.45, 2.75) is 40.0 Å². The van der Waals surface area contributed by atoms with Crippen molar-refractivity contribution >= 4 is 27.6 Å². The van der Waals surface area contributed by atoms with Crippen LogP contribution in [0.5, 0.6) is 0 Å². The Morgan fingerprint density at radius 1 is 1.21 bits per heavy atom. The Balaban J connectivity index is 2.11. The maximum absolute atomic E-state index is 12.5. The highest BCUT2D eigenvalue weighted by Crippen LogP contribution is 2.41. The van der Waals surface area contributed by atoms with Crippen LogP contribution < -0.4 is 11.4 Å². The van der Waals surface area contributed by atoms with Gasteiger partial charge in [-0.1, -0.05) is 39.0 Å². The Hall–Kier alpha value is -2.36. The van der Waals surface area contributed by atoms with E-state index in [9.17, 15) is 4.79 Å². The Morgan fingerprint density at radius 3 is 2.71 bits per heavy atom. The third-order valence-corrected chi connectivity index (χ3v) is 5.38. The average molecular weight is 322 g/mol. The number of nitrogens with zero attached hydrogens (tertiary/aromatic N) is 1. The fourth-order valence-electron chi connectivity index (χ4n) is 3.93. The van der Waals surface area contributed by atoms with Gasteiger partial charge in [0.25, 0.3) is 0 Å². The molecule has 124 valence electrons. The van der Waals surface area contributed by atoms with Crippen LogP contribution in [0.4, 0.5) is 5.82 Å². The van der Waals surface area contributed by atoms with E-state index in [0.717, 1.165) is 35.7 Å². The van der Waals surface area contributed by atoms with Crippen LogP contribution in [0.1, 0.15) is 38.4 Å². The van der Waals surface area contributed by atoms with Crippen LogP contribution in [-0.2, 0) is 12.8 Å². The second-order valence-corrected chi connectivity index (χ2v) is 7.86. The molecule has 4 nitrogen and oxygen atoms in total. The minimum Gasteiger partial charge on any atom is -0.422 e. The van der Waals surface area contributed by atoms with Crippen molar-refractivity contribution in [3.05, 3.63) is 45.9 Å². The molecule has 0 aliphatic heterocycles. The summed E-state index contributed by atoms with van der Waals surface area (Å²) in [4.78, 5) is 17.0. The molecular weight excluding hydrogens is 300 g/mol. The Bertz CT molecular complexity index is 1010. The number of rotatable bonds is 0. The van der Waals surface area contributed by atoms with E-state index < -0.39 is 5.63 Å². The number of pyridine rings is 1. The summed E-state index contributed by atoms with van der Waals surface area (Å²) in [7, 11) is 0. The normalized spacial score (nSPS) is 18.0. The molecule has 4 rings (SSSR count). The molecule has 0 saturated carbocycles. The number of benzene rings is 1. The lowest BCUT2D eigenvalue weighted by Crippen LogP contribution is -2.28. The molecule has 24 heavy (non-hydrogen) atoms. The zero-order valence-electron chi connectivity index (χ0n) is 14.3. The van der Waals surface area contributed by atoms with Gasteiger partial charge in [-0.2, -0.15) is 0 Å². The van der Waals surface area contributed by atoms with Crippen molar-refractivity contribution in [1.82, 2.24) is 4.98 Å². The molecule has 1 atom stereocenters. The van der Waals surface area contributed by atoms with E-state index >= 15 is 0 Å². The molecule has 4 heteroatoms. The highest BCUT2D eigenvalue weighted by atomic mass is 16.4. The molecule has 1 aliphatic carbocycles. The van der Waals surface area contributed by atoms with Gasteiger partial charge in [-0.05, 0) is 42.2 Å². The SMILES string of the molecule is CC(C)(C)[C@@H]1CCc2nc(N)c3c(=O)oc4ccccc4c3c2C1. The highest BCUT2D eigenvalue weighted by molar-refractivity contribution is 6.09. The number of nitrogens with two attached hydrogens (primary N) is 1. The van der Waals surface area contributed by atoms with Gasteiger partial charge < -0.3 is 10.2 Å². The predicted octanol–water partition coefficient (Wildman–Crippen LogP) is 4.07. The van der Waals surface area contributed by atoms with Gasteiger partial charge >= 0.3 is 5.63 Å². The standard InChI is InChI=1S/C20H22N2O2/c1-20(2,3)11-8-9-14-13(10-11)16-12-6-4-5-7-15(12)24-19(23)17(16)18(21)22-14/h4-7,11H,8-10H2,1-3H3,(H2,21,22)/t11-/m1/s1. The molecule has 0 bridgehead atoms. The van der Waals surface area contributed by atoms with Gasteiger partial charge in [0, 0.05) is 16.5 Å². The van der Waals surface area contributed by atoms with Gasteiger partial charge in [-0.25, -0.2) is 9.78 Å². The van der Waals surface area contributed by atoms with Gasteiger partial charge in [-0.15, -0.1) is 0 Å². The third kappa shape index (κ3) is 2.20. The average Bonchev–Trinajstić information content (AvgIpc) is 2.53. The third-order valence-electron chi connectivity index (χ3n) is 5.38.